The van der Waals surface area contributed by atoms with Crippen molar-refractivity contribution in [3.8, 4) is 0 Å². The second-order valence-electron chi connectivity index (χ2n) is 5.81. The van der Waals surface area contributed by atoms with Crippen LogP contribution in [-0.2, 0) is 17.8 Å². The first-order valence-electron chi connectivity index (χ1n) is 8.61. The van der Waals surface area contributed by atoms with Crippen molar-refractivity contribution in [2.75, 3.05) is 19.6 Å². The topological polar surface area (TPSA) is 65.5 Å². The minimum Gasteiger partial charge on any atom is -0.357 e. The van der Waals surface area contributed by atoms with E-state index in [1.807, 2.05) is 6.92 Å². The van der Waals surface area contributed by atoms with Crippen molar-refractivity contribution in [1.29, 1.82) is 0 Å². The summed E-state index contributed by atoms with van der Waals surface area (Å²) in [5.41, 5.74) is 2.60. The Labute approximate surface area is 139 Å². The molecule has 0 bridgehead atoms. The lowest BCUT2D eigenvalue weighted by atomic mass is 10.1. The van der Waals surface area contributed by atoms with Crippen LogP contribution in [0.25, 0.3) is 0 Å². The van der Waals surface area contributed by atoms with Crippen molar-refractivity contribution in [2.24, 2.45) is 10.9 Å². The summed E-state index contributed by atoms with van der Waals surface area (Å²) in [6, 6.07) is 8.40. The Hall–Kier alpha value is -2.04. The zero-order valence-electron chi connectivity index (χ0n) is 14.2. The maximum Gasteiger partial charge on any atom is 0.223 e. The number of aliphatic imine (C=N–C) groups is 1. The van der Waals surface area contributed by atoms with Gasteiger partial charge < -0.3 is 16.0 Å². The van der Waals surface area contributed by atoms with Gasteiger partial charge in [0.1, 0.15) is 0 Å². The summed E-state index contributed by atoms with van der Waals surface area (Å²) >= 11 is 0. The zero-order chi connectivity index (χ0) is 16.5. The van der Waals surface area contributed by atoms with E-state index in [2.05, 4.69) is 52.1 Å². The predicted molar refractivity (Wildman–Crippen MR) is 94.4 cm³/mol. The number of nitrogens with one attached hydrogen (secondary N) is 3. The van der Waals surface area contributed by atoms with Crippen molar-refractivity contribution in [3.63, 3.8) is 0 Å². The first-order valence-corrected chi connectivity index (χ1v) is 8.61. The van der Waals surface area contributed by atoms with Gasteiger partial charge in [0.25, 0.3) is 0 Å². The molecule has 126 valence electrons. The van der Waals surface area contributed by atoms with E-state index in [-0.39, 0.29) is 11.8 Å². The van der Waals surface area contributed by atoms with Crippen molar-refractivity contribution in [3.05, 3.63) is 35.4 Å². The Morgan fingerprint density at radius 2 is 1.78 bits per heavy atom. The van der Waals surface area contributed by atoms with Crippen LogP contribution < -0.4 is 16.0 Å². The van der Waals surface area contributed by atoms with E-state index in [0.717, 1.165) is 31.8 Å². The molecular weight excluding hydrogens is 288 g/mol. The second-order valence-corrected chi connectivity index (χ2v) is 5.81. The molecule has 3 N–H and O–H groups in total. The van der Waals surface area contributed by atoms with Crippen LogP contribution in [0.5, 0.6) is 0 Å². The number of nitrogens with zero attached hydrogens (tertiary/aromatic N) is 1. The molecule has 1 saturated carbocycles. The third kappa shape index (κ3) is 5.93. The Bertz CT molecular complexity index is 538. The number of rotatable bonds is 8. The highest BCUT2D eigenvalue weighted by molar-refractivity contribution is 5.81. The molecule has 1 aliphatic carbocycles. The Morgan fingerprint density at radius 1 is 1.09 bits per heavy atom. The standard InChI is InChI=1S/C18H28N4O/c1-3-14-7-5-6-8-16(14)13-22-18(19-4-2)21-12-11-20-17(23)15-9-10-15/h5-8,15H,3-4,9-13H2,1-2H3,(H,20,23)(H2,19,21,22). The lowest BCUT2D eigenvalue weighted by molar-refractivity contribution is -0.122. The highest BCUT2D eigenvalue weighted by atomic mass is 16.2. The summed E-state index contributed by atoms with van der Waals surface area (Å²) in [5.74, 6) is 1.24. The lowest BCUT2D eigenvalue weighted by Crippen LogP contribution is -2.41. The van der Waals surface area contributed by atoms with E-state index < -0.39 is 0 Å². The van der Waals surface area contributed by atoms with E-state index in [0.29, 0.717) is 19.6 Å². The molecule has 5 nitrogen and oxygen atoms in total. The largest absolute Gasteiger partial charge is 0.357 e. The second kappa shape index (κ2) is 9.18. The van der Waals surface area contributed by atoms with E-state index >= 15 is 0 Å². The van der Waals surface area contributed by atoms with Gasteiger partial charge >= 0.3 is 0 Å². The maximum absolute atomic E-state index is 11.6. The molecule has 2 rings (SSSR count). The van der Waals surface area contributed by atoms with Crippen molar-refractivity contribution < 1.29 is 4.79 Å². The van der Waals surface area contributed by atoms with Gasteiger partial charge in [-0.05, 0) is 37.3 Å². The molecule has 0 radical (unpaired) electrons. The van der Waals surface area contributed by atoms with Crippen LogP contribution in [0.2, 0.25) is 0 Å². The van der Waals surface area contributed by atoms with Gasteiger partial charge in [0.2, 0.25) is 5.91 Å². The highest BCUT2D eigenvalue weighted by Crippen LogP contribution is 2.28. The van der Waals surface area contributed by atoms with Crippen LogP contribution in [0, 0.1) is 5.92 Å². The molecule has 0 spiro atoms. The number of carbonyl (C=O) groups is 1. The van der Waals surface area contributed by atoms with Crippen molar-refractivity contribution in [2.45, 2.75) is 39.7 Å². The summed E-state index contributed by atoms with van der Waals surface area (Å²) in [4.78, 5) is 16.2. The molecule has 1 fully saturated rings. The van der Waals surface area contributed by atoms with Gasteiger partial charge in [-0.15, -0.1) is 0 Å². The summed E-state index contributed by atoms with van der Waals surface area (Å²) in [6.07, 6.45) is 3.10. The first kappa shape index (κ1) is 17.3. The number of hydrogen-bond acceptors (Lipinski definition) is 2. The van der Waals surface area contributed by atoms with Gasteiger partial charge in [0, 0.05) is 25.6 Å². The molecule has 0 saturated heterocycles. The molecule has 0 atom stereocenters. The van der Waals surface area contributed by atoms with Crippen molar-refractivity contribution >= 4 is 11.9 Å². The first-order chi connectivity index (χ1) is 11.2. The van der Waals surface area contributed by atoms with Crippen LogP contribution >= 0.6 is 0 Å². The number of hydrogen-bond donors (Lipinski definition) is 3. The van der Waals surface area contributed by atoms with Gasteiger partial charge in [0.15, 0.2) is 5.96 Å². The number of amides is 1. The average Bonchev–Trinajstić information content (AvgIpc) is 3.41. The maximum atomic E-state index is 11.6. The zero-order valence-corrected chi connectivity index (χ0v) is 14.2. The lowest BCUT2D eigenvalue weighted by Gasteiger charge is -2.12. The summed E-state index contributed by atoms with van der Waals surface area (Å²) in [5, 5.41) is 9.46. The van der Waals surface area contributed by atoms with Crippen LogP contribution in [0.15, 0.2) is 29.3 Å². The normalized spacial score (nSPS) is 14.4. The molecule has 23 heavy (non-hydrogen) atoms. The monoisotopic (exact) mass is 316 g/mol. The van der Waals surface area contributed by atoms with Gasteiger partial charge in [-0.1, -0.05) is 31.2 Å². The molecule has 5 heteroatoms. The molecule has 0 aliphatic heterocycles. The molecular formula is C18H28N4O. The van der Waals surface area contributed by atoms with Gasteiger partial charge in [-0.3, -0.25) is 4.79 Å². The van der Waals surface area contributed by atoms with Crippen LogP contribution in [0.1, 0.15) is 37.8 Å². The highest BCUT2D eigenvalue weighted by Gasteiger charge is 2.28. The van der Waals surface area contributed by atoms with Crippen LogP contribution in [0.4, 0.5) is 0 Å². The van der Waals surface area contributed by atoms with Crippen LogP contribution in [0.3, 0.4) is 0 Å². The van der Waals surface area contributed by atoms with Gasteiger partial charge in [-0.25, -0.2) is 4.99 Å². The third-order valence-electron chi connectivity index (χ3n) is 3.92. The number of benzene rings is 1. The third-order valence-corrected chi connectivity index (χ3v) is 3.92. The number of aryl methyl sites for hydroxylation is 1. The van der Waals surface area contributed by atoms with E-state index in [1.54, 1.807) is 0 Å². The van der Waals surface area contributed by atoms with Crippen molar-refractivity contribution in [1.82, 2.24) is 16.0 Å². The van der Waals surface area contributed by atoms with E-state index in [9.17, 15) is 4.79 Å². The smallest absolute Gasteiger partial charge is 0.223 e. The number of guanidine groups is 1. The Morgan fingerprint density at radius 3 is 2.43 bits per heavy atom. The Balaban J connectivity index is 1.80. The molecule has 1 aromatic rings. The minimum absolute atomic E-state index is 0.186. The average molecular weight is 316 g/mol. The fourth-order valence-electron chi connectivity index (χ4n) is 2.42. The fourth-order valence-corrected chi connectivity index (χ4v) is 2.42. The molecule has 0 heterocycles. The molecule has 1 aromatic carbocycles. The van der Waals surface area contributed by atoms with E-state index in [4.69, 9.17) is 0 Å². The molecule has 0 unspecified atom stereocenters. The van der Waals surface area contributed by atoms with E-state index in [1.165, 1.54) is 11.1 Å². The summed E-state index contributed by atoms with van der Waals surface area (Å²) < 4.78 is 0. The quantitative estimate of drug-likeness (QED) is 0.389. The summed E-state index contributed by atoms with van der Waals surface area (Å²) in [7, 11) is 0. The van der Waals surface area contributed by atoms with Gasteiger partial charge in [-0.2, -0.15) is 0 Å². The van der Waals surface area contributed by atoms with Gasteiger partial charge in [0.05, 0.1) is 6.54 Å². The fraction of sp³-hybridized carbons (Fsp3) is 0.556. The molecule has 0 aromatic heterocycles. The molecule has 1 aliphatic rings. The molecule has 1 amide bonds. The summed E-state index contributed by atoms with van der Waals surface area (Å²) in [6.45, 7) is 7.00. The predicted octanol–water partition coefficient (Wildman–Crippen LogP) is 1.83. The minimum atomic E-state index is 0.186. The van der Waals surface area contributed by atoms with Crippen LogP contribution in [-0.4, -0.2) is 31.5 Å². The Kier molecular flexibility index (Phi) is 6.91. The number of carbonyl (C=O) groups excluding carboxylic acids is 1. The SMILES string of the molecule is CCNC(=NCc1ccccc1CC)NCCNC(=O)C1CC1.